The van der Waals surface area contributed by atoms with E-state index < -0.39 is 10.0 Å². The average Bonchev–Trinajstić information content (AvgIpc) is 2.62. The number of nitrogens with zero attached hydrogens (tertiary/aromatic N) is 1. The lowest BCUT2D eigenvalue weighted by Gasteiger charge is -2.31. The van der Waals surface area contributed by atoms with Gasteiger partial charge in [0.1, 0.15) is 4.90 Å². The lowest BCUT2D eigenvalue weighted by atomic mass is 10.3. The fourth-order valence-corrected chi connectivity index (χ4v) is 4.86. The van der Waals surface area contributed by atoms with Crippen LogP contribution >= 0.6 is 11.6 Å². The summed E-state index contributed by atoms with van der Waals surface area (Å²) in [4.78, 5) is 13.2. The van der Waals surface area contributed by atoms with Crippen molar-refractivity contribution in [1.82, 2.24) is 9.62 Å². The highest BCUT2D eigenvalue weighted by atomic mass is 35.5. The average molecular weight is 419 g/mol. The second-order valence-corrected chi connectivity index (χ2v) is 9.20. The van der Waals surface area contributed by atoms with Gasteiger partial charge in [-0.05, 0) is 32.4 Å². The minimum Gasteiger partial charge on any atom is -0.379 e. The molecule has 0 unspecified atom stereocenters. The maximum Gasteiger partial charge on any atom is 0.275 e. The van der Waals surface area contributed by atoms with Crippen molar-refractivity contribution < 1.29 is 22.8 Å². The van der Waals surface area contributed by atoms with Gasteiger partial charge in [-0.25, -0.2) is 8.42 Å². The molecule has 1 fully saturated rings. The first-order chi connectivity index (χ1) is 12.8. The van der Waals surface area contributed by atoms with Gasteiger partial charge in [0.25, 0.3) is 5.91 Å². The summed E-state index contributed by atoms with van der Waals surface area (Å²) in [6.07, 6.45) is 0.979. The molecule has 0 radical (unpaired) electrons. The van der Waals surface area contributed by atoms with Crippen molar-refractivity contribution in [3.8, 4) is 0 Å². The minimum absolute atomic E-state index is 0.0167. The van der Waals surface area contributed by atoms with Crippen molar-refractivity contribution in [1.29, 1.82) is 0 Å². The second kappa shape index (κ2) is 10.4. The van der Waals surface area contributed by atoms with Crippen LogP contribution in [0.3, 0.4) is 0 Å². The first-order valence-corrected chi connectivity index (χ1v) is 11.1. The molecule has 0 bridgehead atoms. The standard InChI is InChI=1S/C18H28ClN3O4S/c1-15(2)26-13-5-8-20-18(23)14-21-9-11-22(12-10-21)27(24,25)17-7-4-3-6-16(17)19/h3-4,6-7,15H,5,8-14H2,1-2H3,(H,20,23)/p+1. The van der Waals surface area contributed by atoms with E-state index in [1.165, 1.54) is 10.4 Å². The fraction of sp³-hybridized carbons (Fsp3) is 0.611. The Bertz CT molecular complexity index is 719. The fourth-order valence-electron chi connectivity index (χ4n) is 2.92. The normalized spacial score (nSPS) is 16.6. The Balaban J connectivity index is 1.75. The van der Waals surface area contributed by atoms with Gasteiger partial charge >= 0.3 is 0 Å². The van der Waals surface area contributed by atoms with Crippen LogP contribution < -0.4 is 10.2 Å². The number of ether oxygens (including phenoxy) is 1. The molecule has 1 amide bonds. The van der Waals surface area contributed by atoms with Crippen molar-refractivity contribution in [2.75, 3.05) is 45.9 Å². The summed E-state index contributed by atoms with van der Waals surface area (Å²) in [5.74, 6) is -0.0167. The van der Waals surface area contributed by atoms with Gasteiger partial charge in [0.05, 0.1) is 37.3 Å². The highest BCUT2D eigenvalue weighted by Gasteiger charge is 2.32. The number of rotatable bonds is 9. The number of halogens is 1. The highest BCUT2D eigenvalue weighted by molar-refractivity contribution is 7.89. The number of quaternary nitrogens is 1. The molecule has 1 heterocycles. The van der Waals surface area contributed by atoms with Crippen LogP contribution in [0.1, 0.15) is 20.3 Å². The molecular weight excluding hydrogens is 390 g/mol. The van der Waals surface area contributed by atoms with Crippen molar-refractivity contribution in [3.05, 3.63) is 29.3 Å². The molecule has 7 nitrogen and oxygen atoms in total. The van der Waals surface area contributed by atoms with Gasteiger partial charge in [0.2, 0.25) is 10.0 Å². The molecule has 0 aliphatic carbocycles. The number of hydrogen-bond acceptors (Lipinski definition) is 4. The Labute approximate surface area is 166 Å². The van der Waals surface area contributed by atoms with E-state index in [9.17, 15) is 13.2 Å². The van der Waals surface area contributed by atoms with E-state index in [0.29, 0.717) is 45.9 Å². The van der Waals surface area contributed by atoms with Gasteiger partial charge in [0.15, 0.2) is 6.54 Å². The molecule has 1 aliphatic heterocycles. The predicted octanol–water partition coefficient (Wildman–Crippen LogP) is 0.161. The van der Waals surface area contributed by atoms with Crippen LogP contribution in [0.4, 0.5) is 0 Å². The van der Waals surface area contributed by atoms with E-state index in [1.54, 1.807) is 18.2 Å². The third kappa shape index (κ3) is 6.73. The van der Waals surface area contributed by atoms with E-state index in [0.717, 1.165) is 11.3 Å². The number of sulfonamides is 1. The number of piperazine rings is 1. The van der Waals surface area contributed by atoms with Crippen LogP contribution in [0.15, 0.2) is 29.2 Å². The molecule has 0 saturated carbocycles. The first kappa shape index (κ1) is 22.1. The zero-order chi connectivity index (χ0) is 19.9. The van der Waals surface area contributed by atoms with Gasteiger partial charge < -0.3 is 15.0 Å². The summed E-state index contributed by atoms with van der Waals surface area (Å²) >= 11 is 6.04. The van der Waals surface area contributed by atoms with Gasteiger partial charge in [-0.15, -0.1) is 0 Å². The van der Waals surface area contributed by atoms with E-state index in [2.05, 4.69) is 5.32 Å². The van der Waals surface area contributed by atoms with Gasteiger partial charge in [-0.3, -0.25) is 4.79 Å². The molecule has 27 heavy (non-hydrogen) atoms. The van der Waals surface area contributed by atoms with Crippen LogP contribution in [-0.4, -0.2) is 70.6 Å². The Morgan fingerprint density at radius 2 is 1.96 bits per heavy atom. The number of carbonyl (C=O) groups is 1. The molecule has 0 atom stereocenters. The Morgan fingerprint density at radius 1 is 1.30 bits per heavy atom. The molecule has 0 spiro atoms. The van der Waals surface area contributed by atoms with Crippen LogP contribution in [0.5, 0.6) is 0 Å². The summed E-state index contributed by atoms with van der Waals surface area (Å²) in [5, 5.41) is 3.12. The Hall–Kier alpha value is -1.19. The number of benzene rings is 1. The molecule has 152 valence electrons. The minimum atomic E-state index is -3.60. The van der Waals surface area contributed by atoms with Gasteiger partial charge in [0, 0.05) is 13.2 Å². The molecule has 1 aromatic carbocycles. The summed E-state index contributed by atoms with van der Waals surface area (Å²) in [6.45, 7) is 7.46. The molecule has 9 heteroatoms. The van der Waals surface area contributed by atoms with Crippen molar-refractivity contribution in [2.24, 2.45) is 0 Å². The topological polar surface area (TPSA) is 80.2 Å². The quantitative estimate of drug-likeness (QED) is 0.560. The largest absolute Gasteiger partial charge is 0.379 e. The Kier molecular flexibility index (Phi) is 8.50. The molecular formula is C18H29ClN3O4S+. The van der Waals surface area contributed by atoms with E-state index in [4.69, 9.17) is 16.3 Å². The van der Waals surface area contributed by atoms with Crippen molar-refractivity contribution >= 4 is 27.5 Å². The van der Waals surface area contributed by atoms with Gasteiger partial charge in [-0.2, -0.15) is 4.31 Å². The third-order valence-corrected chi connectivity index (χ3v) is 6.79. The Morgan fingerprint density at radius 3 is 2.59 bits per heavy atom. The molecule has 0 aromatic heterocycles. The van der Waals surface area contributed by atoms with E-state index in [-0.39, 0.29) is 21.9 Å². The number of carbonyl (C=O) groups excluding carboxylic acids is 1. The van der Waals surface area contributed by atoms with Gasteiger partial charge in [-0.1, -0.05) is 23.7 Å². The highest BCUT2D eigenvalue weighted by Crippen LogP contribution is 2.23. The van der Waals surface area contributed by atoms with E-state index in [1.807, 2.05) is 13.8 Å². The molecule has 2 N–H and O–H groups in total. The maximum absolute atomic E-state index is 12.7. The van der Waals surface area contributed by atoms with Crippen LogP contribution in [0, 0.1) is 0 Å². The number of nitrogens with one attached hydrogen (secondary N) is 2. The maximum atomic E-state index is 12.7. The molecule has 1 aromatic rings. The zero-order valence-corrected chi connectivity index (χ0v) is 17.5. The predicted molar refractivity (Wildman–Crippen MR) is 104 cm³/mol. The SMILES string of the molecule is CC(C)OCCCNC(=O)C[NH+]1CCN(S(=O)(=O)c2ccccc2Cl)CC1. The first-order valence-electron chi connectivity index (χ1n) is 9.27. The van der Waals surface area contributed by atoms with Crippen molar-refractivity contribution in [2.45, 2.75) is 31.3 Å². The number of amides is 1. The molecule has 2 rings (SSSR count). The number of hydrogen-bond donors (Lipinski definition) is 2. The van der Waals surface area contributed by atoms with Crippen LogP contribution in [0.2, 0.25) is 5.02 Å². The summed E-state index contributed by atoms with van der Waals surface area (Å²) in [5.41, 5.74) is 0. The monoisotopic (exact) mass is 418 g/mol. The van der Waals surface area contributed by atoms with Crippen molar-refractivity contribution in [3.63, 3.8) is 0 Å². The van der Waals surface area contributed by atoms with Crippen LogP contribution in [-0.2, 0) is 19.6 Å². The zero-order valence-electron chi connectivity index (χ0n) is 15.9. The lowest BCUT2D eigenvalue weighted by molar-refractivity contribution is -0.895. The smallest absolute Gasteiger partial charge is 0.275 e. The summed E-state index contributed by atoms with van der Waals surface area (Å²) in [6, 6.07) is 6.47. The summed E-state index contributed by atoms with van der Waals surface area (Å²) in [7, 11) is -3.60. The molecule has 1 saturated heterocycles. The second-order valence-electron chi connectivity index (χ2n) is 6.88. The molecule has 1 aliphatic rings. The lowest BCUT2D eigenvalue weighted by Crippen LogP contribution is -3.15. The van der Waals surface area contributed by atoms with E-state index >= 15 is 0 Å². The third-order valence-electron chi connectivity index (χ3n) is 4.39. The summed E-state index contributed by atoms with van der Waals surface area (Å²) < 4.78 is 32.3. The van der Waals surface area contributed by atoms with Crippen LogP contribution in [0.25, 0.3) is 0 Å².